The second-order valence-electron chi connectivity index (χ2n) is 6.32. The van der Waals surface area contributed by atoms with E-state index in [0.717, 1.165) is 12.1 Å². The average Bonchev–Trinajstić information content (AvgIpc) is 3.10. The summed E-state index contributed by atoms with van der Waals surface area (Å²) in [5.74, 6) is -0.618. The number of hydrogen-bond donors (Lipinski definition) is 0. The molecule has 0 N–H and O–H groups in total. The molecule has 11 heteroatoms. The maximum Gasteiger partial charge on any atom is 0.417 e. The van der Waals surface area contributed by atoms with E-state index in [1.807, 2.05) is 0 Å². The van der Waals surface area contributed by atoms with Gasteiger partial charge >= 0.3 is 6.18 Å². The molecule has 1 amide bonds. The van der Waals surface area contributed by atoms with Gasteiger partial charge < -0.3 is 9.47 Å². The Hall–Kier alpha value is -3.01. The molecule has 3 heterocycles. The summed E-state index contributed by atoms with van der Waals surface area (Å²) in [6.45, 7) is 0.390. The molecule has 6 nitrogen and oxygen atoms in total. The van der Waals surface area contributed by atoms with E-state index in [9.17, 15) is 22.4 Å². The Morgan fingerprint density at radius 1 is 1.10 bits per heavy atom. The molecule has 0 unspecified atom stereocenters. The second kappa shape index (κ2) is 7.11. The van der Waals surface area contributed by atoms with Gasteiger partial charge in [0.2, 0.25) is 0 Å². The second-order valence-corrected chi connectivity index (χ2v) is 6.69. The summed E-state index contributed by atoms with van der Waals surface area (Å²) in [5.41, 5.74) is -1.28. The molecule has 2 aromatic heterocycles. The van der Waals surface area contributed by atoms with Gasteiger partial charge in [0.15, 0.2) is 17.5 Å². The van der Waals surface area contributed by atoms with E-state index in [4.69, 9.17) is 11.6 Å². The Labute approximate surface area is 166 Å². The van der Waals surface area contributed by atoms with E-state index in [0.29, 0.717) is 5.82 Å². The van der Waals surface area contributed by atoms with Crippen molar-refractivity contribution >= 4 is 17.5 Å². The number of halogens is 5. The van der Waals surface area contributed by atoms with Crippen LogP contribution in [0.3, 0.4) is 0 Å². The molecule has 0 radical (unpaired) electrons. The van der Waals surface area contributed by atoms with Gasteiger partial charge in [0.25, 0.3) is 5.91 Å². The molecule has 4 rings (SSSR count). The zero-order valence-electron chi connectivity index (χ0n) is 14.6. The minimum Gasteiger partial charge on any atom is -0.329 e. The molecule has 150 valence electrons. The number of nitrogens with zero attached hydrogens (tertiary/aromatic N) is 5. The van der Waals surface area contributed by atoms with Crippen molar-refractivity contribution in [1.82, 2.24) is 24.6 Å². The van der Waals surface area contributed by atoms with E-state index in [1.54, 1.807) is 4.57 Å². The molecular weight excluding hydrogens is 414 g/mol. The number of alkyl halides is 3. The van der Waals surface area contributed by atoms with Crippen molar-refractivity contribution in [3.8, 4) is 11.5 Å². The Morgan fingerprint density at radius 3 is 2.62 bits per heavy atom. The van der Waals surface area contributed by atoms with Crippen molar-refractivity contribution in [3.63, 3.8) is 0 Å². The van der Waals surface area contributed by atoms with Crippen LogP contribution in [-0.4, -0.2) is 37.1 Å². The van der Waals surface area contributed by atoms with Gasteiger partial charge in [0.1, 0.15) is 5.69 Å². The van der Waals surface area contributed by atoms with Crippen LogP contribution >= 0.6 is 11.6 Å². The van der Waals surface area contributed by atoms with E-state index >= 15 is 0 Å². The third-order valence-electron chi connectivity index (χ3n) is 4.55. The molecule has 0 spiro atoms. The zero-order chi connectivity index (χ0) is 20.8. The van der Waals surface area contributed by atoms with Crippen LogP contribution in [0.4, 0.5) is 17.6 Å². The van der Waals surface area contributed by atoms with Gasteiger partial charge in [-0.2, -0.15) is 13.2 Å². The zero-order valence-corrected chi connectivity index (χ0v) is 15.4. The molecule has 0 aliphatic carbocycles. The van der Waals surface area contributed by atoms with Crippen LogP contribution in [0.1, 0.15) is 21.7 Å². The monoisotopic (exact) mass is 425 g/mol. The topological polar surface area (TPSA) is 63.9 Å². The number of hydrogen-bond acceptors (Lipinski definition) is 4. The summed E-state index contributed by atoms with van der Waals surface area (Å²) in [6.07, 6.45) is -3.24. The fourth-order valence-corrected chi connectivity index (χ4v) is 3.46. The quantitative estimate of drug-likeness (QED) is 0.586. The third kappa shape index (κ3) is 3.44. The summed E-state index contributed by atoms with van der Waals surface area (Å²) in [4.78, 5) is 18.1. The van der Waals surface area contributed by atoms with Crippen LogP contribution in [0.2, 0.25) is 5.02 Å². The molecule has 3 aromatic rings. The Balaban J connectivity index is 1.62. The fourth-order valence-electron chi connectivity index (χ4n) is 3.14. The molecule has 29 heavy (non-hydrogen) atoms. The smallest absolute Gasteiger partial charge is 0.329 e. The number of carbonyl (C=O) groups is 1. The number of rotatable bonds is 2. The molecule has 0 saturated carbocycles. The summed E-state index contributed by atoms with van der Waals surface area (Å²) in [5, 5.41) is 7.29. The van der Waals surface area contributed by atoms with E-state index in [2.05, 4.69) is 15.2 Å². The van der Waals surface area contributed by atoms with Crippen LogP contribution in [0.5, 0.6) is 0 Å². The Morgan fingerprint density at radius 2 is 1.90 bits per heavy atom. The van der Waals surface area contributed by atoms with Gasteiger partial charge in [0, 0.05) is 19.3 Å². The van der Waals surface area contributed by atoms with Crippen molar-refractivity contribution in [3.05, 3.63) is 64.3 Å². The first-order chi connectivity index (χ1) is 13.8. The molecule has 1 aliphatic heterocycles. The van der Waals surface area contributed by atoms with Crippen LogP contribution < -0.4 is 0 Å². The summed E-state index contributed by atoms with van der Waals surface area (Å²) in [6, 6.07) is 5.90. The van der Waals surface area contributed by atoms with Crippen molar-refractivity contribution in [2.45, 2.75) is 19.3 Å². The maximum absolute atomic E-state index is 14.0. The highest BCUT2D eigenvalue weighted by Crippen LogP contribution is 2.36. The minimum absolute atomic E-state index is 0.00708. The summed E-state index contributed by atoms with van der Waals surface area (Å²) in [7, 11) is 0. The van der Waals surface area contributed by atoms with E-state index in [1.165, 1.54) is 29.3 Å². The van der Waals surface area contributed by atoms with E-state index in [-0.39, 0.29) is 36.7 Å². The minimum atomic E-state index is -4.67. The molecule has 1 aromatic carbocycles. The van der Waals surface area contributed by atoms with E-state index < -0.39 is 28.5 Å². The first-order valence-electron chi connectivity index (χ1n) is 8.45. The third-order valence-corrected chi connectivity index (χ3v) is 4.95. The lowest BCUT2D eigenvalue weighted by Crippen LogP contribution is -2.38. The number of aromatic nitrogens is 4. The molecule has 0 fully saturated rings. The predicted molar refractivity (Wildman–Crippen MR) is 94.4 cm³/mol. The normalized spacial score (nSPS) is 14.0. The SMILES string of the molecule is O=C(c1cccc(C(F)(F)F)c1Cl)N1CCn2c(nnc2-c2ncccc2F)C1. The van der Waals surface area contributed by atoms with Crippen LogP contribution in [0.25, 0.3) is 11.5 Å². The van der Waals surface area contributed by atoms with Crippen molar-refractivity contribution in [1.29, 1.82) is 0 Å². The largest absolute Gasteiger partial charge is 0.417 e. The first-order valence-corrected chi connectivity index (χ1v) is 8.83. The number of fused-ring (bicyclic) bond motifs is 1. The molecule has 0 bridgehead atoms. The number of carbonyl (C=O) groups excluding carboxylic acids is 1. The highest BCUT2D eigenvalue weighted by Gasteiger charge is 2.36. The van der Waals surface area contributed by atoms with Crippen LogP contribution in [0, 0.1) is 5.82 Å². The van der Waals surface area contributed by atoms with Crippen LogP contribution in [-0.2, 0) is 19.3 Å². The standard InChI is InChI=1S/C18H12ClF4N5O/c19-14-10(3-1-4-11(14)18(21,22)23)17(29)27-7-8-28-13(9-27)25-26-16(28)15-12(20)5-2-6-24-15/h1-6H,7-9H2. The van der Waals surface area contributed by atoms with Crippen LogP contribution in [0.15, 0.2) is 36.5 Å². The highest BCUT2D eigenvalue weighted by atomic mass is 35.5. The van der Waals surface area contributed by atoms with Crippen molar-refractivity contribution < 1.29 is 22.4 Å². The molecule has 0 atom stereocenters. The van der Waals surface area contributed by atoms with Gasteiger partial charge in [0.05, 0.1) is 22.7 Å². The lowest BCUT2D eigenvalue weighted by Gasteiger charge is -2.28. The van der Waals surface area contributed by atoms with Gasteiger partial charge in [-0.1, -0.05) is 17.7 Å². The summed E-state index contributed by atoms with van der Waals surface area (Å²) < 4.78 is 54.8. The van der Waals surface area contributed by atoms with Crippen molar-refractivity contribution in [2.75, 3.05) is 6.54 Å². The van der Waals surface area contributed by atoms with Gasteiger partial charge in [-0.25, -0.2) is 9.37 Å². The lowest BCUT2D eigenvalue weighted by molar-refractivity contribution is -0.137. The Kier molecular flexibility index (Phi) is 4.73. The number of pyridine rings is 1. The molecular formula is C18H12ClF4N5O. The Bertz CT molecular complexity index is 1100. The fraction of sp³-hybridized carbons (Fsp3) is 0.222. The molecule has 0 saturated heterocycles. The van der Waals surface area contributed by atoms with Gasteiger partial charge in [-0.15, -0.1) is 10.2 Å². The number of amides is 1. The average molecular weight is 426 g/mol. The van der Waals surface area contributed by atoms with Gasteiger partial charge in [-0.3, -0.25) is 4.79 Å². The first kappa shape index (κ1) is 19.3. The predicted octanol–water partition coefficient (Wildman–Crippen LogP) is 3.81. The van der Waals surface area contributed by atoms with Gasteiger partial charge in [-0.05, 0) is 24.3 Å². The highest BCUT2D eigenvalue weighted by molar-refractivity contribution is 6.34. The lowest BCUT2D eigenvalue weighted by atomic mass is 10.1. The maximum atomic E-state index is 14.0. The van der Waals surface area contributed by atoms with Crippen molar-refractivity contribution in [2.24, 2.45) is 0 Å². The molecule has 1 aliphatic rings. The number of benzene rings is 1. The summed E-state index contributed by atoms with van der Waals surface area (Å²) >= 11 is 5.86.